The Kier molecular flexibility index (Phi) is 5.95. The highest BCUT2D eigenvalue weighted by Crippen LogP contribution is 2.30. The number of benzene rings is 1. The number of nitrogens with one attached hydrogen (secondary N) is 1. The van der Waals surface area contributed by atoms with Gasteiger partial charge in [-0.3, -0.25) is 4.79 Å². The monoisotopic (exact) mass is 371 g/mol. The topological polar surface area (TPSA) is 63.2 Å². The Balaban J connectivity index is 3.00. The molecule has 0 bridgehead atoms. The van der Waals surface area contributed by atoms with Crippen LogP contribution in [0, 0.1) is 5.41 Å². The summed E-state index contributed by atoms with van der Waals surface area (Å²) in [7, 11) is 1.22. The summed E-state index contributed by atoms with van der Waals surface area (Å²) in [6.45, 7) is 6.59. The number of carbonyl (C=O) groups excluding carboxylic acids is 1. The summed E-state index contributed by atoms with van der Waals surface area (Å²) >= 11 is 11.7. The first-order valence-electron chi connectivity index (χ1n) is 6.14. The van der Waals surface area contributed by atoms with Crippen LogP contribution in [0.2, 0.25) is 10.0 Å². The van der Waals surface area contributed by atoms with Crippen molar-refractivity contribution in [3.05, 3.63) is 27.7 Å². The number of halogens is 3. The van der Waals surface area contributed by atoms with Crippen molar-refractivity contribution in [2.24, 2.45) is 5.41 Å². The highest BCUT2D eigenvalue weighted by Gasteiger charge is 2.21. The normalized spacial score (nSPS) is 12.3. The zero-order chi connectivity index (χ0) is 16.4. The van der Waals surface area contributed by atoms with Gasteiger partial charge in [-0.2, -0.15) is 0 Å². The number of hydrogen-bond donors (Lipinski definition) is 1. The molecule has 0 aromatic heterocycles. The van der Waals surface area contributed by atoms with Gasteiger partial charge in [-0.05, 0) is 24.0 Å². The van der Waals surface area contributed by atoms with Gasteiger partial charge in [0.05, 0.1) is 15.6 Å². The molecular weight excluding hydrogens is 357 g/mol. The Morgan fingerprint density at radius 3 is 2.24 bits per heavy atom. The van der Waals surface area contributed by atoms with E-state index in [2.05, 4.69) is 5.32 Å². The second-order valence-corrected chi connectivity index (χ2v) is 9.12. The van der Waals surface area contributed by atoms with Crippen molar-refractivity contribution in [2.45, 2.75) is 32.1 Å². The smallest absolute Gasteiger partial charge is 0.262 e. The number of hydrogen-bond acceptors (Lipinski definition) is 3. The van der Waals surface area contributed by atoms with E-state index in [1.165, 1.54) is 6.07 Å². The molecule has 0 saturated carbocycles. The van der Waals surface area contributed by atoms with Crippen LogP contribution in [0.5, 0.6) is 0 Å². The molecule has 0 aliphatic carbocycles. The van der Waals surface area contributed by atoms with Crippen LogP contribution in [-0.4, -0.2) is 20.9 Å². The van der Waals surface area contributed by atoms with Gasteiger partial charge in [-0.1, -0.05) is 44.0 Å². The van der Waals surface area contributed by atoms with Crippen molar-refractivity contribution >= 4 is 48.8 Å². The fourth-order valence-electron chi connectivity index (χ4n) is 1.54. The molecule has 4 nitrogen and oxygen atoms in total. The van der Waals surface area contributed by atoms with Gasteiger partial charge in [0.1, 0.15) is 4.90 Å². The second-order valence-electron chi connectivity index (χ2n) is 5.77. The first-order valence-corrected chi connectivity index (χ1v) is 9.20. The van der Waals surface area contributed by atoms with Crippen molar-refractivity contribution in [3.8, 4) is 0 Å². The molecule has 0 spiro atoms. The van der Waals surface area contributed by atoms with E-state index in [-0.39, 0.29) is 25.9 Å². The predicted octanol–water partition coefficient (Wildman–Crippen LogP) is 4.09. The molecule has 1 N–H and O–H groups in total. The van der Waals surface area contributed by atoms with Gasteiger partial charge in [0, 0.05) is 17.2 Å². The summed E-state index contributed by atoms with van der Waals surface area (Å²) in [5, 5.41) is 2.63. The van der Waals surface area contributed by atoms with Gasteiger partial charge in [0.2, 0.25) is 0 Å². The number of rotatable bonds is 4. The van der Waals surface area contributed by atoms with Crippen LogP contribution in [0.25, 0.3) is 0 Å². The number of amides is 1. The molecule has 0 saturated heterocycles. The zero-order valence-corrected chi connectivity index (χ0v) is 14.9. The summed E-state index contributed by atoms with van der Waals surface area (Å²) in [4.78, 5) is 11.7. The van der Waals surface area contributed by atoms with Crippen LogP contribution >= 0.6 is 33.9 Å². The van der Waals surface area contributed by atoms with Crippen LogP contribution in [0.1, 0.15) is 37.6 Å². The van der Waals surface area contributed by atoms with Gasteiger partial charge in [0.25, 0.3) is 15.0 Å². The molecule has 0 heterocycles. The minimum Gasteiger partial charge on any atom is -0.352 e. The summed E-state index contributed by atoms with van der Waals surface area (Å²) in [5.74, 6) is -0.470. The molecule has 1 aromatic carbocycles. The van der Waals surface area contributed by atoms with Crippen LogP contribution in [0.3, 0.4) is 0 Å². The van der Waals surface area contributed by atoms with Crippen LogP contribution in [0.4, 0.5) is 0 Å². The molecule has 1 aromatic rings. The van der Waals surface area contributed by atoms with Crippen molar-refractivity contribution in [2.75, 3.05) is 6.54 Å². The van der Waals surface area contributed by atoms with E-state index >= 15 is 0 Å². The van der Waals surface area contributed by atoms with Crippen molar-refractivity contribution in [1.29, 1.82) is 0 Å². The van der Waals surface area contributed by atoms with Crippen molar-refractivity contribution in [3.63, 3.8) is 0 Å². The third-order valence-corrected chi connectivity index (χ3v) is 4.79. The Hall–Kier alpha value is -0.490. The van der Waals surface area contributed by atoms with Gasteiger partial charge < -0.3 is 5.32 Å². The fraction of sp³-hybridized carbons (Fsp3) is 0.462. The summed E-state index contributed by atoms with van der Waals surface area (Å²) in [5.41, 5.74) is 0.0935. The Morgan fingerprint density at radius 1 is 1.19 bits per heavy atom. The molecule has 1 rings (SSSR count). The van der Waals surface area contributed by atoms with Gasteiger partial charge in [-0.15, -0.1) is 0 Å². The Labute approximate surface area is 139 Å². The summed E-state index contributed by atoms with van der Waals surface area (Å²) < 4.78 is 22.8. The van der Waals surface area contributed by atoms with E-state index in [4.69, 9.17) is 33.9 Å². The lowest BCUT2D eigenvalue weighted by Crippen LogP contribution is -2.27. The highest BCUT2D eigenvalue weighted by atomic mass is 35.7. The average molecular weight is 373 g/mol. The lowest BCUT2D eigenvalue weighted by Gasteiger charge is -2.18. The molecule has 0 unspecified atom stereocenters. The van der Waals surface area contributed by atoms with Crippen LogP contribution in [0.15, 0.2) is 17.0 Å². The first kappa shape index (κ1) is 18.6. The lowest BCUT2D eigenvalue weighted by atomic mass is 9.92. The molecule has 8 heteroatoms. The second kappa shape index (κ2) is 6.73. The van der Waals surface area contributed by atoms with E-state index in [1.807, 2.05) is 20.8 Å². The highest BCUT2D eigenvalue weighted by molar-refractivity contribution is 8.13. The third-order valence-electron chi connectivity index (χ3n) is 2.69. The lowest BCUT2D eigenvalue weighted by molar-refractivity contribution is 0.0949. The maximum atomic E-state index is 12.1. The third kappa shape index (κ3) is 5.66. The van der Waals surface area contributed by atoms with Gasteiger partial charge in [0.15, 0.2) is 0 Å². The van der Waals surface area contributed by atoms with Gasteiger partial charge >= 0.3 is 0 Å². The average Bonchev–Trinajstić information content (AvgIpc) is 2.24. The summed E-state index contributed by atoms with van der Waals surface area (Å²) in [6.07, 6.45) is 0.768. The molecule has 1 amide bonds. The SMILES string of the molecule is CC(C)(C)CCNC(=O)c1cc(S(=O)(=O)Cl)c(Cl)cc1Cl. The minimum absolute atomic E-state index is 0.0224. The largest absolute Gasteiger partial charge is 0.352 e. The standard InChI is InChI=1S/C13H16Cl3NO3S/c1-13(2,3)4-5-17-12(18)8-6-11(21(16,19)20)10(15)7-9(8)14/h6-7H,4-5H2,1-3H3,(H,17,18). The maximum absolute atomic E-state index is 12.1. The molecule has 0 radical (unpaired) electrons. The van der Waals surface area contributed by atoms with E-state index in [9.17, 15) is 13.2 Å². The van der Waals surface area contributed by atoms with Crippen LogP contribution < -0.4 is 5.32 Å². The van der Waals surface area contributed by atoms with Gasteiger partial charge in [-0.25, -0.2) is 8.42 Å². The Morgan fingerprint density at radius 2 is 1.76 bits per heavy atom. The van der Waals surface area contributed by atoms with E-state index in [0.717, 1.165) is 12.5 Å². The number of carbonyl (C=O) groups is 1. The minimum atomic E-state index is -4.05. The van der Waals surface area contributed by atoms with E-state index < -0.39 is 15.0 Å². The molecular formula is C13H16Cl3NO3S. The first-order chi connectivity index (χ1) is 9.42. The molecule has 0 atom stereocenters. The van der Waals surface area contributed by atoms with E-state index in [0.29, 0.717) is 6.54 Å². The molecule has 0 fully saturated rings. The zero-order valence-electron chi connectivity index (χ0n) is 11.8. The van der Waals surface area contributed by atoms with E-state index in [1.54, 1.807) is 0 Å². The predicted molar refractivity (Wildman–Crippen MR) is 85.9 cm³/mol. The Bertz CT molecular complexity index is 651. The van der Waals surface area contributed by atoms with Crippen LogP contribution in [-0.2, 0) is 9.05 Å². The molecule has 0 aliphatic heterocycles. The fourth-order valence-corrected chi connectivity index (χ4v) is 3.36. The van der Waals surface area contributed by atoms with Crippen molar-refractivity contribution in [1.82, 2.24) is 5.32 Å². The quantitative estimate of drug-likeness (QED) is 0.810. The molecule has 21 heavy (non-hydrogen) atoms. The molecule has 118 valence electrons. The summed E-state index contributed by atoms with van der Waals surface area (Å²) in [6, 6.07) is 2.27. The molecule has 0 aliphatic rings. The van der Waals surface area contributed by atoms with Crippen molar-refractivity contribution < 1.29 is 13.2 Å². The maximum Gasteiger partial charge on any atom is 0.262 e.